The largest absolute Gasteiger partial charge is 0.383 e. The minimum Gasteiger partial charge on any atom is -0.383 e. The summed E-state index contributed by atoms with van der Waals surface area (Å²) in [6.07, 6.45) is 3.16. The second-order valence-electron chi connectivity index (χ2n) is 6.00. The first-order valence-electron chi connectivity index (χ1n) is 7.96. The summed E-state index contributed by atoms with van der Waals surface area (Å²) in [5.41, 5.74) is 6.36. The van der Waals surface area contributed by atoms with E-state index in [1.54, 1.807) is 18.4 Å². The molecule has 0 aliphatic heterocycles. The molecule has 0 radical (unpaired) electrons. The topological polar surface area (TPSA) is 39.9 Å². The Morgan fingerprint density at radius 1 is 1.22 bits per heavy atom. The maximum absolute atomic E-state index is 5.37. The Morgan fingerprint density at radius 3 is 2.61 bits per heavy atom. The predicted molar refractivity (Wildman–Crippen MR) is 96.3 cm³/mol. The second kappa shape index (κ2) is 6.42. The first kappa shape index (κ1) is 16.1. The zero-order valence-corrected chi connectivity index (χ0v) is 15.2. The molecule has 5 heteroatoms. The van der Waals surface area contributed by atoms with Gasteiger partial charge in [0.05, 0.1) is 23.2 Å². The molecule has 0 N–H and O–H groups in total. The summed E-state index contributed by atoms with van der Waals surface area (Å²) in [7, 11) is 1.75. The molecule has 3 rings (SSSR count). The van der Waals surface area contributed by atoms with E-state index in [1.807, 2.05) is 6.92 Å². The van der Waals surface area contributed by atoms with Crippen LogP contribution < -0.4 is 0 Å². The van der Waals surface area contributed by atoms with Crippen molar-refractivity contribution < 1.29 is 4.74 Å². The molecule has 0 fully saturated rings. The number of hydrogen-bond acceptors (Lipinski definition) is 4. The van der Waals surface area contributed by atoms with Gasteiger partial charge in [-0.25, -0.2) is 9.97 Å². The minimum atomic E-state index is 0.291. The van der Waals surface area contributed by atoms with Gasteiger partial charge in [0, 0.05) is 13.3 Å². The first-order chi connectivity index (χ1) is 11.1. The summed E-state index contributed by atoms with van der Waals surface area (Å²) in [4.78, 5) is 11.1. The molecule has 0 aromatic carbocycles. The summed E-state index contributed by atoms with van der Waals surface area (Å²) in [6.45, 7) is 9.14. The molecule has 3 aromatic rings. The third kappa shape index (κ3) is 2.79. The van der Waals surface area contributed by atoms with Crippen molar-refractivity contribution in [1.82, 2.24) is 14.5 Å². The highest BCUT2D eigenvalue weighted by Crippen LogP contribution is 2.32. The van der Waals surface area contributed by atoms with Gasteiger partial charge in [-0.3, -0.25) is 0 Å². The Hall–Kier alpha value is -1.72. The average molecular weight is 329 g/mol. The zero-order chi connectivity index (χ0) is 16.6. The first-order valence-corrected chi connectivity index (χ1v) is 8.84. The van der Waals surface area contributed by atoms with Crippen LogP contribution in [0.1, 0.15) is 36.2 Å². The molecule has 122 valence electrons. The highest BCUT2D eigenvalue weighted by molar-refractivity contribution is 7.13. The predicted octanol–water partition coefficient (Wildman–Crippen LogP) is 4.68. The lowest BCUT2D eigenvalue weighted by atomic mass is 10.2. The maximum atomic E-state index is 5.37. The molecule has 0 bridgehead atoms. The fraction of sp³-hybridized carbons (Fsp3) is 0.444. The summed E-state index contributed by atoms with van der Waals surface area (Å²) in [5.74, 6) is 0. The lowest BCUT2D eigenvalue weighted by Gasteiger charge is -2.17. The average Bonchev–Trinajstić information content (AvgIpc) is 3.08. The highest BCUT2D eigenvalue weighted by Gasteiger charge is 2.19. The van der Waals surface area contributed by atoms with Gasteiger partial charge in [-0.05, 0) is 49.8 Å². The van der Waals surface area contributed by atoms with E-state index in [0.29, 0.717) is 12.6 Å². The monoisotopic (exact) mass is 329 g/mol. The Kier molecular flexibility index (Phi) is 4.50. The summed E-state index contributed by atoms with van der Waals surface area (Å²) >= 11 is 1.73. The van der Waals surface area contributed by atoms with E-state index in [0.717, 1.165) is 34.5 Å². The van der Waals surface area contributed by atoms with Crippen LogP contribution in [0.2, 0.25) is 0 Å². The summed E-state index contributed by atoms with van der Waals surface area (Å²) in [6, 6.07) is 2.42. The fourth-order valence-corrected chi connectivity index (χ4v) is 3.95. The van der Waals surface area contributed by atoms with Crippen molar-refractivity contribution in [3.63, 3.8) is 0 Å². The van der Waals surface area contributed by atoms with Crippen molar-refractivity contribution in [2.45, 2.75) is 40.2 Å². The molecule has 0 saturated carbocycles. The summed E-state index contributed by atoms with van der Waals surface area (Å²) < 4.78 is 7.59. The molecule has 1 atom stereocenters. The number of fused-ring (bicyclic) bond motifs is 1. The number of rotatable bonds is 5. The van der Waals surface area contributed by atoms with E-state index >= 15 is 0 Å². The Labute approximate surface area is 141 Å². The molecule has 0 aliphatic rings. The highest BCUT2D eigenvalue weighted by atomic mass is 32.1. The molecule has 23 heavy (non-hydrogen) atoms. The Morgan fingerprint density at radius 2 is 2.00 bits per heavy atom. The van der Waals surface area contributed by atoms with Gasteiger partial charge in [-0.2, -0.15) is 0 Å². The zero-order valence-electron chi connectivity index (χ0n) is 14.4. The number of aryl methyl sites for hydroxylation is 3. The lowest BCUT2D eigenvalue weighted by molar-refractivity contribution is 0.154. The molecular weight excluding hydrogens is 306 g/mol. The van der Waals surface area contributed by atoms with Crippen LogP contribution in [0.5, 0.6) is 0 Å². The molecule has 0 amide bonds. The van der Waals surface area contributed by atoms with Crippen LogP contribution in [-0.4, -0.2) is 28.3 Å². The minimum absolute atomic E-state index is 0.291. The Balaban J connectivity index is 2.19. The van der Waals surface area contributed by atoms with Gasteiger partial charge in [0.1, 0.15) is 11.2 Å². The number of hydrogen-bond donors (Lipinski definition) is 0. The van der Waals surface area contributed by atoms with Crippen molar-refractivity contribution in [3.05, 3.63) is 34.5 Å². The molecule has 0 aliphatic carbocycles. The fourth-order valence-electron chi connectivity index (χ4n) is 2.98. The number of ether oxygens (including phenoxy) is 1. The molecule has 4 nitrogen and oxygen atoms in total. The van der Waals surface area contributed by atoms with E-state index in [-0.39, 0.29) is 0 Å². The molecule has 0 unspecified atom stereocenters. The van der Waals surface area contributed by atoms with Gasteiger partial charge in [0.15, 0.2) is 5.65 Å². The SMILES string of the molecule is CC[C@H](COC)n1cc(C)c2nc(-c3sccc3C)c(C)nc21. The molecule has 0 spiro atoms. The Bertz CT molecular complexity index is 834. The third-order valence-electron chi connectivity index (χ3n) is 4.30. The van der Waals surface area contributed by atoms with Gasteiger partial charge in [-0.1, -0.05) is 6.92 Å². The van der Waals surface area contributed by atoms with E-state index in [9.17, 15) is 0 Å². The normalized spacial score (nSPS) is 12.9. The van der Waals surface area contributed by atoms with Crippen molar-refractivity contribution >= 4 is 22.5 Å². The molecule has 3 aromatic heterocycles. The molecule has 3 heterocycles. The molecular formula is C18H23N3OS. The van der Waals surface area contributed by atoms with Crippen molar-refractivity contribution in [3.8, 4) is 10.6 Å². The van der Waals surface area contributed by atoms with Gasteiger partial charge < -0.3 is 9.30 Å². The smallest absolute Gasteiger partial charge is 0.159 e. The molecule has 0 saturated heterocycles. The van der Waals surface area contributed by atoms with Crippen LogP contribution in [0.15, 0.2) is 17.6 Å². The van der Waals surface area contributed by atoms with Gasteiger partial charge in [0.2, 0.25) is 0 Å². The van der Waals surface area contributed by atoms with Crippen LogP contribution in [-0.2, 0) is 4.74 Å². The van der Waals surface area contributed by atoms with Crippen LogP contribution >= 0.6 is 11.3 Å². The number of aromatic nitrogens is 3. The summed E-state index contributed by atoms with van der Waals surface area (Å²) in [5, 5.41) is 2.11. The van der Waals surface area contributed by atoms with Crippen molar-refractivity contribution in [2.75, 3.05) is 13.7 Å². The van der Waals surface area contributed by atoms with Crippen LogP contribution in [0, 0.1) is 20.8 Å². The van der Waals surface area contributed by atoms with E-state index in [4.69, 9.17) is 14.7 Å². The van der Waals surface area contributed by atoms with Gasteiger partial charge >= 0.3 is 0 Å². The van der Waals surface area contributed by atoms with E-state index in [2.05, 4.69) is 43.0 Å². The third-order valence-corrected chi connectivity index (χ3v) is 5.33. The van der Waals surface area contributed by atoms with Crippen molar-refractivity contribution in [1.29, 1.82) is 0 Å². The van der Waals surface area contributed by atoms with Gasteiger partial charge in [0.25, 0.3) is 0 Å². The van der Waals surface area contributed by atoms with E-state index < -0.39 is 0 Å². The van der Waals surface area contributed by atoms with Crippen LogP contribution in [0.3, 0.4) is 0 Å². The van der Waals surface area contributed by atoms with E-state index in [1.165, 1.54) is 10.4 Å². The number of thiophene rings is 1. The standard InChI is InChI=1S/C18H23N3OS/c1-6-14(10-22-5)21-9-12(3)15-18(21)19-13(4)16(20-15)17-11(2)7-8-23-17/h7-9,14H,6,10H2,1-5H3/t14-/m1/s1. The van der Waals surface area contributed by atoms with Gasteiger partial charge in [-0.15, -0.1) is 11.3 Å². The number of methoxy groups -OCH3 is 1. The number of nitrogens with zero attached hydrogens (tertiary/aromatic N) is 3. The maximum Gasteiger partial charge on any atom is 0.159 e. The quantitative estimate of drug-likeness (QED) is 0.682. The lowest BCUT2D eigenvalue weighted by Crippen LogP contribution is -2.13. The van der Waals surface area contributed by atoms with Crippen LogP contribution in [0.25, 0.3) is 21.7 Å². The second-order valence-corrected chi connectivity index (χ2v) is 6.92. The van der Waals surface area contributed by atoms with Crippen LogP contribution in [0.4, 0.5) is 0 Å². The van der Waals surface area contributed by atoms with Crippen molar-refractivity contribution in [2.24, 2.45) is 0 Å².